The maximum atomic E-state index is 12.9. The molecule has 0 bridgehead atoms. The Kier molecular flexibility index (Phi) is 4.67. The summed E-state index contributed by atoms with van der Waals surface area (Å²) in [7, 11) is 3.06. The van der Waals surface area contributed by atoms with Crippen molar-refractivity contribution in [2.45, 2.75) is 19.9 Å². The van der Waals surface area contributed by atoms with Gasteiger partial charge in [0.2, 0.25) is 5.78 Å². The van der Waals surface area contributed by atoms with Crippen LogP contribution in [0.4, 0.5) is 0 Å². The molecule has 0 aliphatic carbocycles. The van der Waals surface area contributed by atoms with Crippen LogP contribution in [0.5, 0.6) is 11.5 Å². The predicted octanol–water partition coefficient (Wildman–Crippen LogP) is 3.47. The number of aromatic nitrogens is 2. The Labute approximate surface area is 132 Å². The minimum atomic E-state index is -0.163. The fourth-order valence-electron chi connectivity index (χ4n) is 2.14. The number of carbonyl (C=O) groups is 1. The van der Waals surface area contributed by atoms with E-state index in [1.54, 1.807) is 36.2 Å². The minimum Gasteiger partial charge on any atom is -0.493 e. The van der Waals surface area contributed by atoms with Gasteiger partial charge in [-0.25, -0.2) is 0 Å². The number of hydrogen-bond donors (Lipinski definition) is 0. The lowest BCUT2D eigenvalue weighted by Gasteiger charge is -2.14. The summed E-state index contributed by atoms with van der Waals surface area (Å²) in [5.41, 5.74) is 0.941. The van der Waals surface area contributed by atoms with Crippen molar-refractivity contribution in [1.82, 2.24) is 9.78 Å². The highest BCUT2D eigenvalue weighted by Gasteiger charge is 2.24. The van der Waals surface area contributed by atoms with Gasteiger partial charge in [0.15, 0.2) is 11.5 Å². The number of ether oxygens (including phenoxy) is 2. The Morgan fingerprint density at radius 3 is 2.57 bits per heavy atom. The Balaban J connectivity index is 2.58. The monoisotopic (exact) mass is 352 g/mol. The van der Waals surface area contributed by atoms with E-state index in [1.165, 1.54) is 7.11 Å². The van der Waals surface area contributed by atoms with Crippen molar-refractivity contribution in [2.24, 2.45) is 0 Å². The Bertz CT molecular complexity index is 665. The van der Waals surface area contributed by atoms with E-state index in [1.807, 2.05) is 13.8 Å². The van der Waals surface area contributed by atoms with Crippen LogP contribution in [0.15, 0.2) is 28.9 Å². The molecular weight excluding hydrogens is 336 g/mol. The number of hydrogen-bond acceptors (Lipinski definition) is 4. The highest BCUT2D eigenvalue weighted by molar-refractivity contribution is 9.10. The molecule has 0 aliphatic rings. The smallest absolute Gasteiger partial charge is 0.216 e. The van der Waals surface area contributed by atoms with Crippen molar-refractivity contribution in [2.75, 3.05) is 14.2 Å². The zero-order valence-corrected chi connectivity index (χ0v) is 14.0. The number of rotatable bonds is 5. The van der Waals surface area contributed by atoms with E-state index in [-0.39, 0.29) is 11.8 Å². The summed E-state index contributed by atoms with van der Waals surface area (Å²) in [5.74, 6) is 0.785. The lowest BCUT2D eigenvalue weighted by atomic mass is 10.1. The third kappa shape index (κ3) is 2.81. The van der Waals surface area contributed by atoms with Crippen LogP contribution < -0.4 is 9.47 Å². The van der Waals surface area contributed by atoms with Crippen LogP contribution in [-0.4, -0.2) is 29.8 Å². The summed E-state index contributed by atoms with van der Waals surface area (Å²) in [6.07, 6.45) is 1.62. The minimum absolute atomic E-state index is 0.0758. The average Bonchev–Trinajstić information content (AvgIpc) is 2.87. The standard InChI is InChI=1S/C15H17BrN2O3/c1-9(2)18-13(11(16)8-17-18)14(19)10-6-5-7-12(20-3)15(10)21-4/h5-9H,1-4H3. The predicted molar refractivity (Wildman–Crippen MR) is 83.3 cm³/mol. The van der Waals surface area contributed by atoms with Crippen molar-refractivity contribution in [3.8, 4) is 11.5 Å². The van der Waals surface area contributed by atoms with Crippen LogP contribution >= 0.6 is 15.9 Å². The van der Waals surface area contributed by atoms with Gasteiger partial charge in [0.05, 0.1) is 30.5 Å². The normalized spacial score (nSPS) is 10.8. The van der Waals surface area contributed by atoms with E-state index >= 15 is 0 Å². The van der Waals surface area contributed by atoms with E-state index < -0.39 is 0 Å². The van der Waals surface area contributed by atoms with Gasteiger partial charge in [0.25, 0.3) is 0 Å². The molecule has 5 nitrogen and oxygen atoms in total. The first-order chi connectivity index (χ1) is 10.0. The maximum absolute atomic E-state index is 12.9. The Morgan fingerprint density at radius 1 is 1.29 bits per heavy atom. The van der Waals surface area contributed by atoms with E-state index in [4.69, 9.17) is 9.47 Å². The maximum Gasteiger partial charge on any atom is 0.216 e. The van der Waals surface area contributed by atoms with Gasteiger partial charge in [-0.2, -0.15) is 5.10 Å². The summed E-state index contributed by atoms with van der Waals surface area (Å²) in [5, 5.41) is 4.24. The second-order valence-electron chi connectivity index (χ2n) is 4.75. The zero-order valence-electron chi connectivity index (χ0n) is 12.4. The molecule has 0 fully saturated rings. The van der Waals surface area contributed by atoms with E-state index in [0.717, 1.165) is 0 Å². The Morgan fingerprint density at radius 2 is 2.00 bits per heavy atom. The number of methoxy groups -OCH3 is 2. The molecular formula is C15H17BrN2O3. The molecule has 0 atom stereocenters. The first-order valence-electron chi connectivity index (χ1n) is 6.50. The SMILES string of the molecule is COc1cccc(C(=O)c2c(Br)cnn2C(C)C)c1OC. The average molecular weight is 353 g/mol. The summed E-state index contributed by atoms with van der Waals surface area (Å²) >= 11 is 3.39. The molecule has 0 N–H and O–H groups in total. The highest BCUT2D eigenvalue weighted by atomic mass is 79.9. The quantitative estimate of drug-likeness (QED) is 0.773. The number of ketones is 1. The number of benzene rings is 1. The number of halogens is 1. The van der Waals surface area contributed by atoms with E-state index in [2.05, 4.69) is 21.0 Å². The van der Waals surface area contributed by atoms with Crippen LogP contribution in [-0.2, 0) is 0 Å². The topological polar surface area (TPSA) is 53.3 Å². The van der Waals surface area contributed by atoms with Crippen LogP contribution in [0, 0.1) is 0 Å². The molecule has 6 heteroatoms. The van der Waals surface area contributed by atoms with Crippen molar-refractivity contribution in [3.05, 3.63) is 40.1 Å². The molecule has 1 heterocycles. The first-order valence-corrected chi connectivity index (χ1v) is 7.29. The molecule has 2 rings (SSSR count). The van der Waals surface area contributed by atoms with E-state index in [9.17, 15) is 4.79 Å². The van der Waals surface area contributed by atoms with Gasteiger partial charge < -0.3 is 9.47 Å². The number of carbonyl (C=O) groups excluding carboxylic acids is 1. The lowest BCUT2D eigenvalue weighted by molar-refractivity contribution is 0.102. The summed E-state index contributed by atoms with van der Waals surface area (Å²) in [4.78, 5) is 12.9. The van der Waals surface area contributed by atoms with Gasteiger partial charge in [-0.3, -0.25) is 9.48 Å². The zero-order chi connectivity index (χ0) is 15.6. The summed E-state index contributed by atoms with van der Waals surface area (Å²) in [6, 6.07) is 5.31. The second-order valence-corrected chi connectivity index (χ2v) is 5.60. The van der Waals surface area contributed by atoms with Gasteiger partial charge in [0, 0.05) is 6.04 Å². The van der Waals surface area contributed by atoms with Gasteiger partial charge in [-0.05, 0) is 41.9 Å². The molecule has 0 unspecified atom stereocenters. The van der Waals surface area contributed by atoms with Gasteiger partial charge >= 0.3 is 0 Å². The van der Waals surface area contributed by atoms with Crippen LogP contribution in [0.25, 0.3) is 0 Å². The van der Waals surface area contributed by atoms with Crippen LogP contribution in [0.2, 0.25) is 0 Å². The third-order valence-corrected chi connectivity index (χ3v) is 3.68. The summed E-state index contributed by atoms with van der Waals surface area (Å²) in [6.45, 7) is 3.94. The van der Waals surface area contributed by atoms with Crippen LogP contribution in [0.3, 0.4) is 0 Å². The highest BCUT2D eigenvalue weighted by Crippen LogP contribution is 2.33. The van der Waals surface area contributed by atoms with Gasteiger partial charge in [-0.1, -0.05) is 6.07 Å². The summed E-state index contributed by atoms with van der Waals surface area (Å²) < 4.78 is 12.9. The fraction of sp³-hybridized carbons (Fsp3) is 0.333. The molecule has 0 radical (unpaired) electrons. The number of nitrogens with zero attached hydrogens (tertiary/aromatic N) is 2. The molecule has 0 saturated carbocycles. The van der Waals surface area contributed by atoms with Crippen molar-refractivity contribution in [3.63, 3.8) is 0 Å². The Hall–Kier alpha value is -1.82. The first kappa shape index (κ1) is 15.6. The van der Waals surface area contributed by atoms with Crippen LogP contribution in [0.1, 0.15) is 35.9 Å². The van der Waals surface area contributed by atoms with E-state index in [0.29, 0.717) is 27.2 Å². The largest absolute Gasteiger partial charge is 0.493 e. The third-order valence-electron chi connectivity index (χ3n) is 3.10. The molecule has 0 aliphatic heterocycles. The van der Waals surface area contributed by atoms with Crippen molar-refractivity contribution < 1.29 is 14.3 Å². The molecule has 2 aromatic rings. The molecule has 0 spiro atoms. The molecule has 0 amide bonds. The molecule has 21 heavy (non-hydrogen) atoms. The van der Waals surface area contributed by atoms with Gasteiger partial charge in [0.1, 0.15) is 5.69 Å². The van der Waals surface area contributed by atoms with Crippen molar-refractivity contribution >= 4 is 21.7 Å². The fourth-order valence-corrected chi connectivity index (χ4v) is 2.59. The molecule has 1 aromatic carbocycles. The molecule has 112 valence electrons. The van der Waals surface area contributed by atoms with Gasteiger partial charge in [-0.15, -0.1) is 0 Å². The number of para-hydroxylation sites is 1. The molecule has 1 aromatic heterocycles. The van der Waals surface area contributed by atoms with Crippen molar-refractivity contribution in [1.29, 1.82) is 0 Å². The lowest BCUT2D eigenvalue weighted by Crippen LogP contribution is -2.15. The second kappa shape index (κ2) is 6.30. The molecule has 0 saturated heterocycles.